The average Bonchev–Trinajstić information content (AvgIpc) is 2.84. The first-order valence-corrected chi connectivity index (χ1v) is 6.53. The van der Waals surface area contributed by atoms with E-state index in [4.69, 9.17) is 18.0 Å². The van der Waals surface area contributed by atoms with Crippen molar-refractivity contribution in [2.75, 3.05) is 5.32 Å². The van der Waals surface area contributed by atoms with Crippen LogP contribution >= 0.6 is 12.2 Å². The van der Waals surface area contributed by atoms with Crippen LogP contribution in [0.15, 0.2) is 24.5 Å². The summed E-state index contributed by atoms with van der Waals surface area (Å²) in [5.74, 6) is 0.886. The molecule has 2 rings (SSSR count). The van der Waals surface area contributed by atoms with Crippen molar-refractivity contribution in [2.45, 2.75) is 26.9 Å². The molecule has 0 aliphatic heterocycles. The Morgan fingerprint density at radius 3 is 2.95 bits per heavy atom. The Bertz CT molecular complexity index is 590. The molecule has 0 spiro atoms. The van der Waals surface area contributed by atoms with E-state index in [1.54, 1.807) is 6.33 Å². The number of anilines is 1. The number of hydrogen-bond donors (Lipinski definition) is 2. The highest BCUT2D eigenvalue weighted by Gasteiger charge is 2.07. The lowest BCUT2D eigenvalue weighted by atomic mass is 10.1. The summed E-state index contributed by atoms with van der Waals surface area (Å²) in [5, 5.41) is 11.3. The summed E-state index contributed by atoms with van der Waals surface area (Å²) >= 11 is 5.08. The minimum atomic E-state index is 0.392. The summed E-state index contributed by atoms with van der Waals surface area (Å²) in [6, 6.07) is 5.99. The molecule has 1 aromatic carbocycles. The van der Waals surface area contributed by atoms with E-state index in [1.807, 2.05) is 29.7 Å². The molecule has 0 aliphatic carbocycles. The van der Waals surface area contributed by atoms with Crippen LogP contribution in [-0.4, -0.2) is 19.8 Å². The lowest BCUT2D eigenvalue weighted by Crippen LogP contribution is -2.14. The molecule has 0 amide bonds. The van der Waals surface area contributed by atoms with Gasteiger partial charge in [-0.05, 0) is 26.0 Å². The molecular formula is C13H17N5S. The summed E-state index contributed by atoms with van der Waals surface area (Å²) in [4.78, 5) is 0.392. The van der Waals surface area contributed by atoms with Crippen LogP contribution in [0, 0.1) is 6.92 Å². The van der Waals surface area contributed by atoms with Crippen molar-refractivity contribution in [1.82, 2.24) is 14.8 Å². The molecule has 100 valence electrons. The molecule has 19 heavy (non-hydrogen) atoms. The number of rotatable bonds is 5. The molecule has 0 bridgehead atoms. The van der Waals surface area contributed by atoms with Gasteiger partial charge in [-0.25, -0.2) is 0 Å². The third-order valence-electron chi connectivity index (χ3n) is 2.91. The fourth-order valence-electron chi connectivity index (χ4n) is 1.87. The number of thiocarbonyl (C=S) groups is 1. The van der Waals surface area contributed by atoms with Gasteiger partial charge < -0.3 is 15.6 Å². The molecule has 1 aromatic heterocycles. The predicted octanol–water partition coefficient (Wildman–Crippen LogP) is 1.85. The molecule has 5 nitrogen and oxygen atoms in total. The first-order chi connectivity index (χ1) is 9.11. The van der Waals surface area contributed by atoms with Crippen LogP contribution in [0.2, 0.25) is 0 Å². The molecule has 0 saturated carbocycles. The molecule has 0 atom stereocenters. The zero-order valence-corrected chi connectivity index (χ0v) is 11.9. The Kier molecular flexibility index (Phi) is 4.11. The average molecular weight is 275 g/mol. The molecule has 3 N–H and O–H groups in total. The van der Waals surface area contributed by atoms with Gasteiger partial charge in [0, 0.05) is 17.8 Å². The van der Waals surface area contributed by atoms with Gasteiger partial charge in [-0.1, -0.05) is 23.8 Å². The van der Waals surface area contributed by atoms with Crippen molar-refractivity contribution in [1.29, 1.82) is 0 Å². The number of hydrogen-bond acceptors (Lipinski definition) is 4. The van der Waals surface area contributed by atoms with Gasteiger partial charge in [-0.2, -0.15) is 0 Å². The quantitative estimate of drug-likeness (QED) is 0.815. The van der Waals surface area contributed by atoms with Crippen LogP contribution in [0.4, 0.5) is 5.69 Å². The summed E-state index contributed by atoms with van der Waals surface area (Å²) in [5.41, 5.74) is 8.66. The van der Waals surface area contributed by atoms with Crippen LogP contribution in [0.5, 0.6) is 0 Å². The summed E-state index contributed by atoms with van der Waals surface area (Å²) in [6.07, 6.45) is 1.72. The minimum absolute atomic E-state index is 0.392. The molecule has 0 unspecified atom stereocenters. The minimum Gasteiger partial charge on any atom is -0.389 e. The van der Waals surface area contributed by atoms with Gasteiger partial charge in [0.05, 0.1) is 6.54 Å². The van der Waals surface area contributed by atoms with E-state index in [9.17, 15) is 0 Å². The van der Waals surface area contributed by atoms with Gasteiger partial charge in [0.25, 0.3) is 0 Å². The maximum Gasteiger partial charge on any atom is 0.152 e. The Morgan fingerprint density at radius 1 is 1.47 bits per heavy atom. The number of nitrogens with zero attached hydrogens (tertiary/aromatic N) is 3. The van der Waals surface area contributed by atoms with Gasteiger partial charge in [-0.3, -0.25) is 0 Å². The second-order valence-electron chi connectivity index (χ2n) is 4.30. The molecule has 0 aliphatic rings. The predicted molar refractivity (Wildman–Crippen MR) is 80.1 cm³/mol. The number of aryl methyl sites for hydroxylation is 2. The number of benzene rings is 1. The van der Waals surface area contributed by atoms with Crippen LogP contribution < -0.4 is 11.1 Å². The molecule has 0 radical (unpaired) electrons. The molecule has 6 heteroatoms. The molecule has 2 aromatic rings. The normalized spacial score (nSPS) is 10.4. The van der Waals surface area contributed by atoms with Crippen molar-refractivity contribution in [3.63, 3.8) is 0 Å². The lowest BCUT2D eigenvalue weighted by Gasteiger charge is -2.12. The SMILES string of the molecule is CCn1cnnc1CNc1ccc(C)cc1C(N)=S. The Labute approximate surface area is 117 Å². The highest BCUT2D eigenvalue weighted by atomic mass is 32.1. The zero-order valence-electron chi connectivity index (χ0n) is 11.1. The summed E-state index contributed by atoms with van der Waals surface area (Å²) in [6.45, 7) is 5.50. The van der Waals surface area contributed by atoms with Crippen LogP contribution in [0.1, 0.15) is 23.9 Å². The highest BCUT2D eigenvalue weighted by Crippen LogP contribution is 2.18. The van der Waals surface area contributed by atoms with Crippen molar-refractivity contribution in [3.8, 4) is 0 Å². The Balaban J connectivity index is 2.18. The van der Waals surface area contributed by atoms with E-state index >= 15 is 0 Å². The molecular weight excluding hydrogens is 258 g/mol. The second kappa shape index (κ2) is 5.79. The largest absolute Gasteiger partial charge is 0.389 e. The van der Waals surface area contributed by atoms with Crippen LogP contribution in [0.3, 0.4) is 0 Å². The van der Waals surface area contributed by atoms with Crippen molar-refractivity contribution in [3.05, 3.63) is 41.5 Å². The highest BCUT2D eigenvalue weighted by molar-refractivity contribution is 7.80. The fourth-order valence-corrected chi connectivity index (χ4v) is 2.04. The second-order valence-corrected chi connectivity index (χ2v) is 4.74. The Morgan fingerprint density at radius 2 is 2.26 bits per heavy atom. The fraction of sp³-hybridized carbons (Fsp3) is 0.308. The Hall–Kier alpha value is -1.95. The standard InChI is InChI=1S/C13H17N5S/c1-3-18-8-16-17-12(18)7-15-11-5-4-9(2)6-10(11)13(14)19/h4-6,8,15H,3,7H2,1-2H3,(H2,14,19). The van der Waals surface area contributed by atoms with E-state index in [1.165, 1.54) is 0 Å². The third kappa shape index (κ3) is 3.08. The maximum atomic E-state index is 5.75. The number of nitrogens with two attached hydrogens (primary N) is 1. The number of nitrogens with one attached hydrogen (secondary N) is 1. The smallest absolute Gasteiger partial charge is 0.152 e. The van der Waals surface area contributed by atoms with E-state index in [2.05, 4.69) is 22.4 Å². The van der Waals surface area contributed by atoms with E-state index < -0.39 is 0 Å². The topological polar surface area (TPSA) is 68.8 Å². The van der Waals surface area contributed by atoms with E-state index in [0.717, 1.165) is 29.2 Å². The number of aromatic nitrogens is 3. The summed E-state index contributed by atoms with van der Waals surface area (Å²) < 4.78 is 1.99. The van der Waals surface area contributed by atoms with Gasteiger partial charge in [0.1, 0.15) is 11.3 Å². The maximum absolute atomic E-state index is 5.75. The van der Waals surface area contributed by atoms with E-state index in [-0.39, 0.29) is 0 Å². The van der Waals surface area contributed by atoms with Gasteiger partial charge >= 0.3 is 0 Å². The molecule has 0 fully saturated rings. The third-order valence-corrected chi connectivity index (χ3v) is 3.13. The monoisotopic (exact) mass is 275 g/mol. The lowest BCUT2D eigenvalue weighted by molar-refractivity contribution is 0.708. The van der Waals surface area contributed by atoms with Crippen LogP contribution in [-0.2, 0) is 13.1 Å². The zero-order chi connectivity index (χ0) is 13.8. The van der Waals surface area contributed by atoms with Crippen molar-refractivity contribution in [2.24, 2.45) is 5.73 Å². The van der Waals surface area contributed by atoms with Crippen molar-refractivity contribution >= 4 is 22.9 Å². The van der Waals surface area contributed by atoms with Gasteiger partial charge in [-0.15, -0.1) is 10.2 Å². The first kappa shape index (κ1) is 13.5. The first-order valence-electron chi connectivity index (χ1n) is 6.12. The van der Waals surface area contributed by atoms with Crippen molar-refractivity contribution < 1.29 is 0 Å². The van der Waals surface area contributed by atoms with Crippen LogP contribution in [0.25, 0.3) is 0 Å². The van der Waals surface area contributed by atoms with E-state index in [0.29, 0.717) is 11.5 Å². The molecule has 1 heterocycles. The summed E-state index contributed by atoms with van der Waals surface area (Å²) in [7, 11) is 0. The molecule has 0 saturated heterocycles. The van der Waals surface area contributed by atoms with Gasteiger partial charge in [0.2, 0.25) is 0 Å². The van der Waals surface area contributed by atoms with Gasteiger partial charge in [0.15, 0.2) is 5.82 Å².